The molecule has 0 aliphatic carbocycles. The molecule has 1 saturated heterocycles. The molecule has 0 saturated carbocycles. The van der Waals surface area contributed by atoms with Crippen molar-refractivity contribution < 1.29 is 9.59 Å². The number of hydrogen-bond acceptors (Lipinski definition) is 3. The summed E-state index contributed by atoms with van der Waals surface area (Å²) in [7, 11) is 0. The molecular formula is C6H9NO2S. The van der Waals surface area contributed by atoms with Gasteiger partial charge in [0.2, 0.25) is 11.8 Å². The van der Waals surface area contributed by atoms with Gasteiger partial charge in [0.1, 0.15) is 0 Å². The van der Waals surface area contributed by atoms with Crippen LogP contribution in [0.25, 0.3) is 0 Å². The maximum Gasteiger partial charge on any atom is 0.229 e. The number of hydrogen-bond donors (Lipinski definition) is 1. The van der Waals surface area contributed by atoms with E-state index in [1.54, 1.807) is 0 Å². The summed E-state index contributed by atoms with van der Waals surface area (Å²) >= 11 is 3.93. The number of rotatable bonds is 2. The van der Waals surface area contributed by atoms with Crippen LogP contribution in [0.3, 0.4) is 0 Å². The van der Waals surface area contributed by atoms with Crippen LogP contribution in [0.2, 0.25) is 0 Å². The molecule has 56 valence electrons. The average Bonchev–Trinajstić information content (AvgIpc) is 2.20. The summed E-state index contributed by atoms with van der Waals surface area (Å²) < 4.78 is 0. The number of carbonyl (C=O) groups excluding carboxylic acids is 2. The van der Waals surface area contributed by atoms with Crippen molar-refractivity contribution in [2.45, 2.75) is 12.8 Å². The van der Waals surface area contributed by atoms with Crippen LogP contribution in [0.1, 0.15) is 12.8 Å². The third kappa shape index (κ3) is 1.31. The van der Waals surface area contributed by atoms with Gasteiger partial charge < -0.3 is 0 Å². The van der Waals surface area contributed by atoms with Gasteiger partial charge in [-0.25, -0.2) is 0 Å². The van der Waals surface area contributed by atoms with Crippen LogP contribution in [-0.4, -0.2) is 29.0 Å². The summed E-state index contributed by atoms with van der Waals surface area (Å²) in [5.74, 6) is 0.440. The summed E-state index contributed by atoms with van der Waals surface area (Å²) in [6.45, 7) is 0.459. The number of amides is 2. The molecule has 0 unspecified atom stereocenters. The van der Waals surface area contributed by atoms with E-state index in [2.05, 4.69) is 12.6 Å². The van der Waals surface area contributed by atoms with Crippen LogP contribution >= 0.6 is 12.6 Å². The molecule has 1 aliphatic rings. The zero-order valence-electron chi connectivity index (χ0n) is 5.54. The van der Waals surface area contributed by atoms with E-state index in [0.29, 0.717) is 25.1 Å². The predicted molar refractivity (Wildman–Crippen MR) is 39.8 cm³/mol. The van der Waals surface area contributed by atoms with Crippen LogP contribution in [0, 0.1) is 0 Å². The smallest absolute Gasteiger partial charge is 0.229 e. The summed E-state index contributed by atoms with van der Waals surface area (Å²) in [5, 5.41) is 0. The van der Waals surface area contributed by atoms with Crippen molar-refractivity contribution in [1.29, 1.82) is 0 Å². The number of carbonyl (C=O) groups is 2. The molecule has 0 spiro atoms. The van der Waals surface area contributed by atoms with Gasteiger partial charge in [0.15, 0.2) is 0 Å². The van der Waals surface area contributed by atoms with Crippen LogP contribution in [0.4, 0.5) is 0 Å². The van der Waals surface area contributed by atoms with Gasteiger partial charge >= 0.3 is 0 Å². The molecule has 10 heavy (non-hydrogen) atoms. The molecule has 1 aliphatic heterocycles. The lowest BCUT2D eigenvalue weighted by Gasteiger charge is -2.10. The van der Waals surface area contributed by atoms with E-state index in [9.17, 15) is 9.59 Å². The SMILES string of the molecule is O=C1CCC(=O)N1CCS. The molecule has 0 N–H and O–H groups in total. The lowest BCUT2D eigenvalue weighted by molar-refractivity contribution is -0.137. The molecule has 0 aromatic carbocycles. The van der Waals surface area contributed by atoms with E-state index in [1.165, 1.54) is 4.90 Å². The molecule has 0 bridgehead atoms. The van der Waals surface area contributed by atoms with Gasteiger partial charge in [0.05, 0.1) is 0 Å². The highest BCUT2D eigenvalue weighted by Gasteiger charge is 2.27. The molecule has 3 nitrogen and oxygen atoms in total. The third-order valence-corrected chi connectivity index (χ3v) is 1.68. The minimum atomic E-state index is -0.0564. The van der Waals surface area contributed by atoms with Crippen LogP contribution in [-0.2, 0) is 9.59 Å². The Kier molecular flexibility index (Phi) is 2.32. The van der Waals surface area contributed by atoms with E-state index < -0.39 is 0 Å². The van der Waals surface area contributed by atoms with Crippen molar-refractivity contribution in [3.63, 3.8) is 0 Å². The van der Waals surface area contributed by atoms with E-state index >= 15 is 0 Å². The lowest BCUT2D eigenvalue weighted by Crippen LogP contribution is -2.30. The Morgan fingerprint density at radius 3 is 2.20 bits per heavy atom. The van der Waals surface area contributed by atoms with Crippen molar-refractivity contribution in [3.05, 3.63) is 0 Å². The predicted octanol–water partition coefficient (Wildman–Crippen LogP) is 0.0652. The van der Waals surface area contributed by atoms with Crippen molar-refractivity contribution in [2.75, 3.05) is 12.3 Å². The molecule has 1 fully saturated rings. The molecule has 1 heterocycles. The fraction of sp³-hybridized carbons (Fsp3) is 0.667. The van der Waals surface area contributed by atoms with Gasteiger partial charge in [-0.05, 0) is 0 Å². The topological polar surface area (TPSA) is 37.4 Å². The Bertz CT molecular complexity index is 153. The van der Waals surface area contributed by atoms with Crippen LogP contribution in [0.5, 0.6) is 0 Å². The zero-order valence-corrected chi connectivity index (χ0v) is 6.43. The van der Waals surface area contributed by atoms with Gasteiger partial charge in [0.25, 0.3) is 0 Å². The molecule has 1 rings (SSSR count). The quantitative estimate of drug-likeness (QED) is 0.457. The van der Waals surface area contributed by atoms with Crippen LogP contribution in [0.15, 0.2) is 0 Å². The third-order valence-electron chi connectivity index (χ3n) is 1.48. The maximum atomic E-state index is 10.8. The Labute approximate surface area is 64.8 Å². The molecular weight excluding hydrogens is 150 g/mol. The van der Waals surface area contributed by atoms with Gasteiger partial charge in [-0.15, -0.1) is 0 Å². The van der Waals surface area contributed by atoms with Gasteiger partial charge in [-0.3, -0.25) is 14.5 Å². The minimum Gasteiger partial charge on any atom is -0.282 e. The Balaban J connectivity index is 2.54. The second kappa shape index (κ2) is 3.05. The lowest BCUT2D eigenvalue weighted by atomic mass is 10.4. The normalized spacial score (nSPS) is 18.7. The number of likely N-dealkylation sites (tertiary alicyclic amines) is 1. The second-order valence-electron chi connectivity index (χ2n) is 2.16. The number of nitrogens with zero attached hydrogens (tertiary/aromatic N) is 1. The molecule has 2 amide bonds. The fourth-order valence-electron chi connectivity index (χ4n) is 0.972. The van der Waals surface area contributed by atoms with Gasteiger partial charge in [0, 0.05) is 25.1 Å². The first-order valence-electron chi connectivity index (χ1n) is 3.20. The van der Waals surface area contributed by atoms with E-state index in [1.807, 2.05) is 0 Å². The van der Waals surface area contributed by atoms with E-state index in [4.69, 9.17) is 0 Å². The average molecular weight is 159 g/mol. The van der Waals surface area contributed by atoms with E-state index in [-0.39, 0.29) is 11.8 Å². The van der Waals surface area contributed by atoms with E-state index in [0.717, 1.165) is 0 Å². The van der Waals surface area contributed by atoms with Crippen molar-refractivity contribution >= 4 is 24.4 Å². The highest BCUT2D eigenvalue weighted by Crippen LogP contribution is 2.10. The van der Waals surface area contributed by atoms with Crippen molar-refractivity contribution in [1.82, 2.24) is 4.90 Å². The Morgan fingerprint density at radius 1 is 1.30 bits per heavy atom. The number of thiol groups is 1. The highest BCUT2D eigenvalue weighted by molar-refractivity contribution is 7.80. The zero-order chi connectivity index (χ0) is 7.56. The standard InChI is InChI=1S/C6H9NO2S/c8-5-1-2-6(9)7(5)3-4-10/h10H,1-4H2. The second-order valence-corrected chi connectivity index (χ2v) is 2.61. The molecule has 0 aromatic rings. The summed E-state index contributed by atoms with van der Waals surface area (Å²) in [4.78, 5) is 23.0. The maximum absolute atomic E-state index is 10.8. The van der Waals surface area contributed by atoms with Crippen LogP contribution < -0.4 is 0 Å². The largest absolute Gasteiger partial charge is 0.282 e. The first-order chi connectivity index (χ1) is 4.75. The fourth-order valence-corrected chi connectivity index (χ4v) is 1.17. The van der Waals surface area contributed by atoms with Gasteiger partial charge in [-0.1, -0.05) is 0 Å². The minimum absolute atomic E-state index is 0.0564. The number of imide groups is 1. The highest BCUT2D eigenvalue weighted by atomic mass is 32.1. The molecule has 4 heteroatoms. The Hall–Kier alpha value is -0.510. The van der Waals surface area contributed by atoms with Crippen molar-refractivity contribution in [2.24, 2.45) is 0 Å². The monoisotopic (exact) mass is 159 g/mol. The first kappa shape index (κ1) is 7.60. The summed E-state index contributed by atoms with van der Waals surface area (Å²) in [6, 6.07) is 0. The molecule has 0 atom stereocenters. The molecule has 0 radical (unpaired) electrons. The van der Waals surface area contributed by atoms with Gasteiger partial charge in [-0.2, -0.15) is 12.6 Å². The summed E-state index contributed by atoms with van der Waals surface area (Å²) in [6.07, 6.45) is 0.763. The summed E-state index contributed by atoms with van der Waals surface area (Å²) in [5.41, 5.74) is 0. The first-order valence-corrected chi connectivity index (χ1v) is 3.83. The Morgan fingerprint density at radius 2 is 1.80 bits per heavy atom. The molecule has 0 aromatic heterocycles. The van der Waals surface area contributed by atoms with Crippen molar-refractivity contribution in [3.8, 4) is 0 Å².